The molecule has 0 aliphatic carbocycles. The standard InChI is InChI=1S/C15H21NO.C14H17NO2/c1-5-14(17)16-13-8-6-12(7-9-13)10-11-15(2,3)4;1-5-12(16)15-11-8-6-10(7-9-11)13(17)14(2,3)4/h5-9H,1,10-11H2,2-4H3,(H,16,17);5-9H,1H2,2-4H3,(H,15,16). The number of amides is 2. The molecule has 0 unspecified atom stereocenters. The molecule has 0 aliphatic heterocycles. The van der Waals surface area contributed by atoms with Crippen LogP contribution in [0.3, 0.4) is 0 Å². The van der Waals surface area contributed by atoms with Gasteiger partial charge in [-0.05, 0) is 72.4 Å². The van der Waals surface area contributed by atoms with Crippen LogP contribution in [0, 0.1) is 10.8 Å². The van der Waals surface area contributed by atoms with E-state index in [0.717, 1.165) is 18.5 Å². The zero-order chi connectivity index (χ0) is 25.9. The summed E-state index contributed by atoms with van der Waals surface area (Å²) >= 11 is 0. The number of ketones is 1. The molecule has 0 bridgehead atoms. The van der Waals surface area contributed by atoms with Gasteiger partial charge in [0, 0.05) is 22.4 Å². The Labute approximate surface area is 204 Å². The van der Waals surface area contributed by atoms with Crippen molar-refractivity contribution in [2.45, 2.75) is 54.4 Å². The van der Waals surface area contributed by atoms with Crippen molar-refractivity contribution in [2.24, 2.45) is 10.8 Å². The summed E-state index contributed by atoms with van der Waals surface area (Å²) in [5.74, 6) is -0.355. The second kappa shape index (κ2) is 12.7. The lowest BCUT2D eigenvalue weighted by Crippen LogP contribution is -2.20. The average molecular weight is 463 g/mol. The number of carbonyl (C=O) groups is 3. The lowest BCUT2D eigenvalue weighted by atomic mass is 9.86. The van der Waals surface area contributed by atoms with Crippen molar-refractivity contribution in [3.05, 3.63) is 85.0 Å². The number of nitrogens with one attached hydrogen (secondary N) is 2. The van der Waals surface area contributed by atoms with Crippen molar-refractivity contribution in [2.75, 3.05) is 10.6 Å². The predicted octanol–water partition coefficient (Wildman–Crippen LogP) is 6.83. The van der Waals surface area contributed by atoms with Crippen LogP contribution >= 0.6 is 0 Å². The van der Waals surface area contributed by atoms with Crippen LogP contribution in [-0.4, -0.2) is 17.6 Å². The Morgan fingerprint density at radius 3 is 1.50 bits per heavy atom. The number of hydrogen-bond acceptors (Lipinski definition) is 3. The van der Waals surface area contributed by atoms with E-state index in [-0.39, 0.29) is 17.6 Å². The number of anilines is 2. The van der Waals surface area contributed by atoms with Crippen LogP contribution in [0.1, 0.15) is 63.9 Å². The molecule has 0 spiro atoms. The van der Waals surface area contributed by atoms with Gasteiger partial charge in [0.05, 0.1) is 0 Å². The van der Waals surface area contributed by atoms with Crippen LogP contribution in [0.5, 0.6) is 0 Å². The highest BCUT2D eigenvalue weighted by Crippen LogP contribution is 2.23. The molecule has 2 rings (SSSR count). The predicted molar refractivity (Wildman–Crippen MR) is 142 cm³/mol. The Kier molecular flexibility index (Phi) is 10.7. The molecule has 34 heavy (non-hydrogen) atoms. The number of carbonyl (C=O) groups excluding carboxylic acids is 3. The van der Waals surface area contributed by atoms with E-state index in [1.165, 1.54) is 17.7 Å². The average Bonchev–Trinajstić information content (AvgIpc) is 2.77. The number of benzene rings is 2. The molecule has 5 nitrogen and oxygen atoms in total. The maximum absolute atomic E-state index is 12.0. The van der Waals surface area contributed by atoms with E-state index in [1.807, 2.05) is 32.9 Å². The molecule has 0 radical (unpaired) electrons. The number of Topliss-reactive ketones (excluding diaryl/α,β-unsaturated/α-hetero) is 1. The quantitative estimate of drug-likeness (QED) is 0.350. The molecule has 0 atom stereocenters. The van der Waals surface area contributed by atoms with Gasteiger partial charge in [-0.25, -0.2) is 0 Å². The number of hydrogen-bond donors (Lipinski definition) is 2. The maximum atomic E-state index is 12.0. The summed E-state index contributed by atoms with van der Waals surface area (Å²) in [5, 5.41) is 5.36. The summed E-state index contributed by atoms with van der Waals surface area (Å²) in [6.07, 6.45) is 4.70. The van der Waals surface area contributed by atoms with Crippen LogP contribution < -0.4 is 10.6 Å². The fraction of sp³-hybridized carbons (Fsp3) is 0.345. The minimum atomic E-state index is -0.397. The largest absolute Gasteiger partial charge is 0.323 e. The van der Waals surface area contributed by atoms with Crippen molar-refractivity contribution in [1.29, 1.82) is 0 Å². The van der Waals surface area contributed by atoms with Crippen LogP contribution in [0.25, 0.3) is 0 Å². The van der Waals surface area contributed by atoms with Crippen molar-refractivity contribution >= 4 is 29.0 Å². The monoisotopic (exact) mass is 462 g/mol. The second-order valence-electron chi connectivity index (χ2n) is 10.3. The maximum Gasteiger partial charge on any atom is 0.247 e. The van der Waals surface area contributed by atoms with Gasteiger partial charge < -0.3 is 10.6 Å². The first-order valence-corrected chi connectivity index (χ1v) is 11.4. The fourth-order valence-corrected chi connectivity index (χ4v) is 2.80. The summed E-state index contributed by atoms with van der Waals surface area (Å²) in [6, 6.07) is 14.8. The van der Waals surface area contributed by atoms with Gasteiger partial charge in [-0.2, -0.15) is 0 Å². The van der Waals surface area contributed by atoms with E-state index >= 15 is 0 Å². The van der Waals surface area contributed by atoms with Gasteiger partial charge in [0.15, 0.2) is 5.78 Å². The topological polar surface area (TPSA) is 75.3 Å². The third kappa shape index (κ3) is 10.9. The third-order valence-electron chi connectivity index (χ3n) is 4.85. The van der Waals surface area contributed by atoms with Crippen LogP contribution in [0.4, 0.5) is 11.4 Å². The zero-order valence-corrected chi connectivity index (χ0v) is 21.3. The molecule has 0 aliphatic rings. The van der Waals surface area contributed by atoms with Crippen LogP contribution in [-0.2, 0) is 16.0 Å². The molecule has 2 N–H and O–H groups in total. The van der Waals surface area contributed by atoms with E-state index in [4.69, 9.17) is 0 Å². The molecule has 0 saturated heterocycles. The number of rotatable bonds is 7. The van der Waals surface area contributed by atoms with E-state index < -0.39 is 5.41 Å². The van der Waals surface area contributed by atoms with Gasteiger partial charge in [-0.3, -0.25) is 14.4 Å². The van der Waals surface area contributed by atoms with E-state index in [0.29, 0.717) is 16.7 Å². The van der Waals surface area contributed by atoms with E-state index in [9.17, 15) is 14.4 Å². The fourth-order valence-electron chi connectivity index (χ4n) is 2.80. The van der Waals surface area contributed by atoms with Crippen molar-refractivity contribution < 1.29 is 14.4 Å². The van der Waals surface area contributed by atoms with Gasteiger partial charge in [0.2, 0.25) is 11.8 Å². The van der Waals surface area contributed by atoms with Gasteiger partial charge in [-0.1, -0.05) is 66.8 Å². The van der Waals surface area contributed by atoms with Gasteiger partial charge in [-0.15, -0.1) is 0 Å². The summed E-state index contributed by atoms with van der Waals surface area (Å²) in [6.45, 7) is 19.1. The first-order valence-electron chi connectivity index (χ1n) is 11.4. The Bertz CT molecular complexity index is 990. The molecular weight excluding hydrogens is 424 g/mol. The Morgan fingerprint density at radius 2 is 1.15 bits per heavy atom. The van der Waals surface area contributed by atoms with Crippen LogP contribution in [0.2, 0.25) is 0 Å². The molecule has 0 saturated carbocycles. The highest BCUT2D eigenvalue weighted by molar-refractivity contribution is 6.01. The SMILES string of the molecule is C=CC(=O)Nc1ccc(C(=O)C(C)(C)C)cc1.C=CC(=O)Nc1ccc(CCC(C)(C)C)cc1. The van der Waals surface area contributed by atoms with E-state index in [1.54, 1.807) is 24.3 Å². The Balaban J connectivity index is 0.000000340. The first-order chi connectivity index (χ1) is 15.7. The zero-order valence-electron chi connectivity index (χ0n) is 21.3. The van der Waals surface area contributed by atoms with Crippen molar-refractivity contribution in [3.63, 3.8) is 0 Å². The molecule has 2 aromatic carbocycles. The summed E-state index contributed by atoms with van der Waals surface area (Å²) in [4.78, 5) is 34.1. The highest BCUT2D eigenvalue weighted by Gasteiger charge is 2.22. The molecule has 2 amide bonds. The molecule has 5 heteroatoms. The molecule has 2 aromatic rings. The third-order valence-corrected chi connectivity index (χ3v) is 4.85. The number of aryl methyl sites for hydroxylation is 1. The van der Waals surface area contributed by atoms with Gasteiger partial charge >= 0.3 is 0 Å². The Hall–Kier alpha value is -3.47. The summed E-state index contributed by atoms with van der Waals surface area (Å²) in [7, 11) is 0. The first kappa shape index (κ1) is 28.6. The van der Waals surface area contributed by atoms with Crippen molar-refractivity contribution in [1.82, 2.24) is 0 Å². The summed E-state index contributed by atoms with van der Waals surface area (Å²) < 4.78 is 0. The molecule has 0 aromatic heterocycles. The lowest BCUT2D eigenvalue weighted by Gasteiger charge is -2.17. The van der Waals surface area contributed by atoms with Gasteiger partial charge in [0.1, 0.15) is 0 Å². The second-order valence-corrected chi connectivity index (χ2v) is 10.3. The van der Waals surface area contributed by atoms with Crippen molar-refractivity contribution in [3.8, 4) is 0 Å². The molecule has 0 fully saturated rings. The van der Waals surface area contributed by atoms with Crippen LogP contribution in [0.15, 0.2) is 73.8 Å². The molecule has 182 valence electrons. The minimum Gasteiger partial charge on any atom is -0.323 e. The molecule has 0 heterocycles. The van der Waals surface area contributed by atoms with E-state index in [2.05, 4.69) is 56.7 Å². The van der Waals surface area contributed by atoms with Gasteiger partial charge in [0.25, 0.3) is 0 Å². The molecular formula is C29H38N2O3. The highest BCUT2D eigenvalue weighted by atomic mass is 16.2. The summed E-state index contributed by atoms with van der Waals surface area (Å²) in [5.41, 5.74) is 3.38. The lowest BCUT2D eigenvalue weighted by molar-refractivity contribution is -0.112. The normalized spacial score (nSPS) is 10.9. The smallest absolute Gasteiger partial charge is 0.247 e. The Morgan fingerprint density at radius 1 is 0.735 bits per heavy atom. The minimum absolute atomic E-state index is 0.0825.